The average Bonchev–Trinajstić information content (AvgIpc) is 3.35. The number of quaternary nitrogens is 1. The molecular formula is C22H20FN4O2+. The van der Waals surface area contributed by atoms with Crippen LogP contribution in [0.3, 0.4) is 0 Å². The van der Waals surface area contributed by atoms with Crippen LogP contribution in [0.4, 0.5) is 10.1 Å². The van der Waals surface area contributed by atoms with Crippen LogP contribution in [0.15, 0.2) is 65.3 Å². The lowest BCUT2D eigenvalue weighted by Crippen LogP contribution is -3.10. The number of imidazole rings is 1. The monoisotopic (exact) mass is 391 g/mol. The molecule has 3 heterocycles. The highest BCUT2D eigenvalue weighted by Gasteiger charge is 2.24. The van der Waals surface area contributed by atoms with E-state index in [9.17, 15) is 9.18 Å². The van der Waals surface area contributed by atoms with Gasteiger partial charge in [-0.05, 0) is 54.6 Å². The third-order valence-corrected chi connectivity index (χ3v) is 5.29. The van der Waals surface area contributed by atoms with Crippen molar-refractivity contribution in [1.82, 2.24) is 9.55 Å². The van der Waals surface area contributed by atoms with Gasteiger partial charge in [0.25, 0.3) is 5.91 Å². The fraction of sp³-hybridized carbons (Fsp3) is 0.182. The van der Waals surface area contributed by atoms with Crippen LogP contribution in [0, 0.1) is 5.82 Å². The number of nitrogens with one attached hydrogen (secondary N) is 2. The number of carbonyl (C=O) groups excluding carboxylic acids is 1. The summed E-state index contributed by atoms with van der Waals surface area (Å²) in [6.45, 7) is 3.56. The maximum absolute atomic E-state index is 13.0. The van der Waals surface area contributed by atoms with Crippen molar-refractivity contribution in [3.05, 3.63) is 83.8 Å². The van der Waals surface area contributed by atoms with Crippen molar-refractivity contribution in [1.29, 1.82) is 0 Å². The van der Waals surface area contributed by atoms with Crippen LogP contribution in [0.1, 0.15) is 21.9 Å². The first-order valence-corrected chi connectivity index (χ1v) is 9.58. The number of rotatable bonds is 4. The van der Waals surface area contributed by atoms with Gasteiger partial charge in [-0.25, -0.2) is 9.37 Å². The Morgan fingerprint density at radius 1 is 1.21 bits per heavy atom. The van der Waals surface area contributed by atoms with E-state index in [-0.39, 0.29) is 11.7 Å². The molecule has 29 heavy (non-hydrogen) atoms. The molecule has 6 nitrogen and oxygen atoms in total. The van der Waals surface area contributed by atoms with Crippen molar-refractivity contribution in [3.63, 3.8) is 0 Å². The standard InChI is InChI=1S/C22H19FN4O2/c23-16-5-3-15(4-6-16)22(28)24-17-7-8-20-19(12-17)25-21-14-26(9-10-27(20)21)13-18-2-1-11-29-18/h1-8,11-12H,9-10,13-14H2,(H,24,28)/p+1. The maximum Gasteiger partial charge on any atom is 0.255 e. The van der Waals surface area contributed by atoms with Crippen LogP contribution < -0.4 is 10.2 Å². The molecule has 0 saturated heterocycles. The fourth-order valence-corrected chi connectivity index (χ4v) is 3.84. The lowest BCUT2D eigenvalue weighted by atomic mass is 10.2. The Balaban J connectivity index is 1.35. The number of amides is 1. The zero-order valence-corrected chi connectivity index (χ0v) is 15.7. The van der Waals surface area contributed by atoms with E-state index in [0.717, 1.165) is 48.8 Å². The minimum atomic E-state index is -0.366. The summed E-state index contributed by atoms with van der Waals surface area (Å²) in [5.41, 5.74) is 3.00. The molecule has 0 spiro atoms. The Hall–Kier alpha value is -3.45. The van der Waals surface area contributed by atoms with Gasteiger partial charge in [-0.3, -0.25) is 4.79 Å². The van der Waals surface area contributed by atoms with E-state index in [0.29, 0.717) is 11.3 Å². The van der Waals surface area contributed by atoms with E-state index in [1.165, 1.54) is 29.2 Å². The molecular weight excluding hydrogens is 371 g/mol. The molecule has 1 amide bonds. The molecule has 5 rings (SSSR count). The van der Waals surface area contributed by atoms with Crippen molar-refractivity contribution in [3.8, 4) is 0 Å². The second-order valence-electron chi connectivity index (χ2n) is 7.28. The zero-order valence-electron chi connectivity index (χ0n) is 15.7. The summed E-state index contributed by atoms with van der Waals surface area (Å²) in [5, 5.41) is 2.86. The Kier molecular flexibility index (Phi) is 4.37. The lowest BCUT2D eigenvalue weighted by Gasteiger charge is -2.24. The summed E-state index contributed by atoms with van der Waals surface area (Å²) < 4.78 is 20.8. The summed E-state index contributed by atoms with van der Waals surface area (Å²) in [6.07, 6.45) is 1.70. The SMILES string of the molecule is O=C(Nc1ccc2c(c1)nc1n2CC[NH+](Cc2ccco2)C1)c1ccc(F)cc1. The van der Waals surface area contributed by atoms with Gasteiger partial charge in [0.1, 0.15) is 18.9 Å². The van der Waals surface area contributed by atoms with Crippen LogP contribution in [0.2, 0.25) is 0 Å². The number of anilines is 1. The molecule has 0 bridgehead atoms. The quantitative estimate of drug-likeness (QED) is 0.562. The maximum atomic E-state index is 13.0. The first-order chi connectivity index (χ1) is 14.2. The molecule has 1 aliphatic heterocycles. The van der Waals surface area contributed by atoms with Crippen LogP contribution >= 0.6 is 0 Å². The first-order valence-electron chi connectivity index (χ1n) is 9.58. The molecule has 1 atom stereocenters. The highest BCUT2D eigenvalue weighted by atomic mass is 19.1. The van der Waals surface area contributed by atoms with Gasteiger partial charge in [-0.2, -0.15) is 0 Å². The van der Waals surface area contributed by atoms with Gasteiger partial charge in [0.2, 0.25) is 0 Å². The third-order valence-electron chi connectivity index (χ3n) is 5.29. The van der Waals surface area contributed by atoms with Crippen LogP contribution in [0.25, 0.3) is 11.0 Å². The van der Waals surface area contributed by atoms with Crippen LogP contribution in [-0.2, 0) is 19.6 Å². The molecule has 0 saturated carbocycles. The van der Waals surface area contributed by atoms with Crippen molar-refractivity contribution < 1.29 is 18.5 Å². The number of halogens is 1. The van der Waals surface area contributed by atoms with Crippen molar-refractivity contribution in [2.24, 2.45) is 0 Å². The lowest BCUT2D eigenvalue weighted by molar-refractivity contribution is -0.932. The molecule has 4 aromatic rings. The van der Waals surface area contributed by atoms with E-state index in [1.807, 2.05) is 30.3 Å². The molecule has 146 valence electrons. The zero-order chi connectivity index (χ0) is 19.8. The Labute approximate surface area is 166 Å². The smallest absolute Gasteiger partial charge is 0.255 e. The molecule has 1 aliphatic rings. The van der Waals surface area contributed by atoms with E-state index in [2.05, 4.69) is 9.88 Å². The third kappa shape index (κ3) is 3.52. The molecule has 2 aromatic carbocycles. The minimum Gasteiger partial charge on any atom is -0.463 e. The van der Waals surface area contributed by atoms with Gasteiger partial charge in [-0.1, -0.05) is 0 Å². The second kappa shape index (κ2) is 7.18. The predicted octanol–water partition coefficient (Wildman–Crippen LogP) is 2.62. The van der Waals surface area contributed by atoms with E-state index >= 15 is 0 Å². The summed E-state index contributed by atoms with van der Waals surface area (Å²) in [4.78, 5) is 18.6. The highest BCUT2D eigenvalue weighted by Crippen LogP contribution is 2.22. The average molecular weight is 391 g/mol. The predicted molar refractivity (Wildman–Crippen MR) is 106 cm³/mol. The number of furan rings is 1. The van der Waals surface area contributed by atoms with Gasteiger partial charge in [0.05, 0.1) is 30.4 Å². The normalized spacial score (nSPS) is 16.0. The van der Waals surface area contributed by atoms with E-state index in [4.69, 9.17) is 9.40 Å². The van der Waals surface area contributed by atoms with Crippen molar-refractivity contribution in [2.75, 3.05) is 11.9 Å². The highest BCUT2D eigenvalue weighted by molar-refractivity contribution is 6.04. The number of carbonyl (C=O) groups is 1. The summed E-state index contributed by atoms with van der Waals surface area (Å²) >= 11 is 0. The second-order valence-corrected chi connectivity index (χ2v) is 7.28. The van der Waals surface area contributed by atoms with Crippen LogP contribution in [-0.4, -0.2) is 22.0 Å². The van der Waals surface area contributed by atoms with Gasteiger partial charge in [-0.15, -0.1) is 0 Å². The largest absolute Gasteiger partial charge is 0.463 e. The minimum absolute atomic E-state index is 0.276. The number of hydrogen-bond donors (Lipinski definition) is 2. The number of hydrogen-bond acceptors (Lipinski definition) is 3. The van der Waals surface area contributed by atoms with Gasteiger partial charge in [0.15, 0.2) is 11.6 Å². The number of fused-ring (bicyclic) bond motifs is 3. The van der Waals surface area contributed by atoms with E-state index < -0.39 is 0 Å². The molecule has 0 radical (unpaired) electrons. The summed E-state index contributed by atoms with van der Waals surface area (Å²) in [6, 6.07) is 15.1. The van der Waals surface area contributed by atoms with Gasteiger partial charge in [0, 0.05) is 11.3 Å². The van der Waals surface area contributed by atoms with Gasteiger partial charge >= 0.3 is 0 Å². The van der Waals surface area contributed by atoms with Gasteiger partial charge < -0.3 is 19.2 Å². The summed E-state index contributed by atoms with van der Waals surface area (Å²) in [7, 11) is 0. The number of benzene rings is 2. The molecule has 0 fully saturated rings. The first kappa shape index (κ1) is 17.6. The van der Waals surface area contributed by atoms with Crippen molar-refractivity contribution in [2.45, 2.75) is 19.6 Å². The Morgan fingerprint density at radius 3 is 2.86 bits per heavy atom. The van der Waals surface area contributed by atoms with E-state index in [1.54, 1.807) is 6.26 Å². The topological polar surface area (TPSA) is 64.5 Å². The molecule has 2 N–H and O–H groups in total. The molecule has 1 unspecified atom stereocenters. The Bertz CT molecular complexity index is 1170. The fourth-order valence-electron chi connectivity index (χ4n) is 3.84. The van der Waals surface area contributed by atoms with Crippen LogP contribution in [0.5, 0.6) is 0 Å². The Morgan fingerprint density at radius 2 is 2.07 bits per heavy atom. The number of nitrogens with zero attached hydrogens (tertiary/aromatic N) is 2. The molecule has 0 aliphatic carbocycles. The molecule has 2 aromatic heterocycles. The molecule has 7 heteroatoms. The summed E-state index contributed by atoms with van der Waals surface area (Å²) in [5.74, 6) is 1.38. The van der Waals surface area contributed by atoms with Crippen molar-refractivity contribution >= 4 is 22.6 Å². The number of aromatic nitrogens is 2.